The van der Waals surface area contributed by atoms with E-state index in [1.54, 1.807) is 11.1 Å². The molecule has 13 nitrogen and oxygen atoms in total. The van der Waals surface area contributed by atoms with Crippen LogP contribution in [-0.2, 0) is 14.3 Å². The van der Waals surface area contributed by atoms with E-state index in [-0.39, 0.29) is 41.8 Å². The van der Waals surface area contributed by atoms with Crippen molar-refractivity contribution in [2.75, 3.05) is 26.3 Å². The van der Waals surface area contributed by atoms with Crippen LogP contribution < -0.4 is 10.6 Å². The second-order valence-corrected chi connectivity index (χ2v) is 15.8. The van der Waals surface area contributed by atoms with Gasteiger partial charge in [-0.25, -0.2) is 14.8 Å². The monoisotopic (exact) mass is 750 g/mol. The van der Waals surface area contributed by atoms with E-state index in [0.29, 0.717) is 18.4 Å². The number of aromatic nitrogens is 4. The summed E-state index contributed by atoms with van der Waals surface area (Å²) in [6.45, 7) is 10.7. The number of nitrogens with one attached hydrogen (secondary N) is 4. The van der Waals surface area contributed by atoms with Gasteiger partial charge in [0.15, 0.2) is 0 Å². The fraction of sp³-hybridized carbons (Fsp3) is 0.500. The van der Waals surface area contributed by atoms with Crippen molar-refractivity contribution in [2.45, 2.75) is 96.4 Å². The van der Waals surface area contributed by atoms with Gasteiger partial charge in [-0.2, -0.15) is 0 Å². The molecule has 3 saturated heterocycles. The number of imidazole rings is 2. The van der Waals surface area contributed by atoms with Gasteiger partial charge >= 0.3 is 6.09 Å². The number of amides is 3. The van der Waals surface area contributed by atoms with Gasteiger partial charge in [-0.15, -0.1) is 0 Å². The van der Waals surface area contributed by atoms with Gasteiger partial charge in [0.1, 0.15) is 17.7 Å². The molecule has 3 aliphatic heterocycles. The number of H-pyrrole nitrogens is 2. The van der Waals surface area contributed by atoms with E-state index < -0.39 is 12.1 Å². The molecule has 0 spiro atoms. The molecule has 4 aromatic rings. The van der Waals surface area contributed by atoms with E-state index in [9.17, 15) is 19.5 Å². The molecule has 4 atom stereocenters. The standard InChI is InChI=1S/C42H54N8O5/c1-25(2)36(45-31-17-21-55-22-18-31)40(51)49-19-5-7-34(49)38-43-23-32(46-38)29-13-9-27(10-14-29)28-11-15-30(16-12-28)33-24-44-39(47-33)35-8-6-20-50(35)41(52)37(26(3)4)48-42(53)54/h9-16,23-26,31,34-37,45,48H,5-8,17-22H2,1-4H3,(H,43,46)(H,44,47)(H,53,54)/t34-,35-,36-,37-/m0/s1. The van der Waals surface area contributed by atoms with Gasteiger partial charge in [-0.05, 0) is 72.6 Å². The molecule has 3 amide bonds. The van der Waals surface area contributed by atoms with E-state index in [1.807, 2.05) is 24.9 Å². The van der Waals surface area contributed by atoms with Crippen LogP contribution in [0.25, 0.3) is 33.6 Å². The smallest absolute Gasteiger partial charge is 0.405 e. The number of carbonyl (C=O) groups is 3. The van der Waals surface area contributed by atoms with Crippen LogP contribution in [0.4, 0.5) is 4.79 Å². The second kappa shape index (κ2) is 16.8. The van der Waals surface area contributed by atoms with Gasteiger partial charge in [0, 0.05) is 32.3 Å². The van der Waals surface area contributed by atoms with Crippen molar-refractivity contribution < 1.29 is 24.2 Å². The summed E-state index contributed by atoms with van der Waals surface area (Å²) in [4.78, 5) is 58.8. The third kappa shape index (κ3) is 8.47. The number of hydrogen-bond acceptors (Lipinski definition) is 7. The molecule has 55 heavy (non-hydrogen) atoms. The summed E-state index contributed by atoms with van der Waals surface area (Å²) in [7, 11) is 0. The number of aromatic amines is 2. The molecule has 292 valence electrons. The maximum Gasteiger partial charge on any atom is 0.405 e. The van der Waals surface area contributed by atoms with Crippen LogP contribution in [0.15, 0.2) is 60.9 Å². The van der Waals surface area contributed by atoms with Crippen molar-refractivity contribution in [3.05, 3.63) is 72.6 Å². The Bertz CT molecular complexity index is 1930. The SMILES string of the molecule is CC(C)[C@H](NC(=O)O)C(=O)N1CCC[C@H]1c1ncc(-c2ccc(-c3ccc(-c4cnc([C@@H]5CCCN5C(=O)[C@@H](NC5CCOCC5)C(C)C)[nH]4)cc3)cc2)[nH]1. The summed E-state index contributed by atoms with van der Waals surface area (Å²) in [5, 5.41) is 15.3. The number of carboxylic acid groups (broad SMARTS) is 1. The van der Waals surface area contributed by atoms with Crippen LogP contribution >= 0.6 is 0 Å². The Morgan fingerprint density at radius 2 is 1.13 bits per heavy atom. The van der Waals surface area contributed by atoms with E-state index in [2.05, 4.69) is 88.0 Å². The first-order valence-electron chi connectivity index (χ1n) is 19.8. The van der Waals surface area contributed by atoms with Gasteiger partial charge < -0.3 is 40.2 Å². The third-order valence-corrected chi connectivity index (χ3v) is 11.4. The summed E-state index contributed by atoms with van der Waals surface area (Å²) < 4.78 is 5.53. The van der Waals surface area contributed by atoms with Crippen LogP contribution in [-0.4, -0.2) is 97.2 Å². The quantitative estimate of drug-likeness (QED) is 0.109. The molecule has 0 radical (unpaired) electrons. The van der Waals surface area contributed by atoms with Gasteiger partial charge in [-0.1, -0.05) is 76.2 Å². The molecule has 5 heterocycles. The van der Waals surface area contributed by atoms with Crippen LogP contribution in [0.3, 0.4) is 0 Å². The van der Waals surface area contributed by atoms with Crippen molar-refractivity contribution in [3.63, 3.8) is 0 Å². The van der Waals surface area contributed by atoms with Crippen molar-refractivity contribution in [2.24, 2.45) is 11.8 Å². The summed E-state index contributed by atoms with van der Waals surface area (Å²) in [6.07, 6.45) is 7.75. The number of carbonyl (C=O) groups excluding carboxylic acids is 2. The summed E-state index contributed by atoms with van der Waals surface area (Å²) in [6, 6.07) is 15.6. The zero-order chi connectivity index (χ0) is 38.6. The Morgan fingerprint density at radius 1 is 0.691 bits per heavy atom. The lowest BCUT2D eigenvalue weighted by molar-refractivity contribution is -0.136. The number of benzene rings is 2. The first kappa shape index (κ1) is 38.3. The predicted octanol–water partition coefficient (Wildman–Crippen LogP) is 6.55. The lowest BCUT2D eigenvalue weighted by Gasteiger charge is -2.34. The molecule has 2 aromatic heterocycles. The molecular formula is C42H54N8O5. The highest BCUT2D eigenvalue weighted by molar-refractivity contribution is 5.86. The Kier molecular flexibility index (Phi) is 11.7. The van der Waals surface area contributed by atoms with Gasteiger partial charge in [0.05, 0.1) is 41.9 Å². The van der Waals surface area contributed by atoms with Crippen molar-refractivity contribution in [1.29, 1.82) is 0 Å². The average molecular weight is 751 g/mol. The molecule has 13 heteroatoms. The van der Waals surface area contributed by atoms with Crippen LogP contribution in [0.2, 0.25) is 0 Å². The zero-order valence-electron chi connectivity index (χ0n) is 32.3. The topological polar surface area (TPSA) is 169 Å². The lowest BCUT2D eigenvalue weighted by atomic mass is 9.99. The highest BCUT2D eigenvalue weighted by atomic mass is 16.5. The van der Waals surface area contributed by atoms with Crippen LogP contribution in [0, 0.1) is 11.8 Å². The van der Waals surface area contributed by atoms with E-state index in [1.165, 1.54) is 0 Å². The summed E-state index contributed by atoms with van der Waals surface area (Å²) in [5.74, 6) is 1.48. The molecular weight excluding hydrogens is 697 g/mol. The minimum atomic E-state index is -1.20. The maximum atomic E-state index is 13.9. The molecule has 5 N–H and O–H groups in total. The zero-order valence-corrected chi connectivity index (χ0v) is 32.3. The number of rotatable bonds is 12. The molecule has 3 fully saturated rings. The van der Waals surface area contributed by atoms with Gasteiger partial charge in [0.25, 0.3) is 0 Å². The Balaban J connectivity index is 0.991. The lowest BCUT2D eigenvalue weighted by Crippen LogP contribution is -2.53. The molecule has 2 aromatic carbocycles. The van der Waals surface area contributed by atoms with Gasteiger partial charge in [-0.3, -0.25) is 9.59 Å². The van der Waals surface area contributed by atoms with Crippen molar-refractivity contribution >= 4 is 17.9 Å². The summed E-state index contributed by atoms with van der Waals surface area (Å²) >= 11 is 0. The second-order valence-electron chi connectivity index (χ2n) is 15.8. The fourth-order valence-electron chi connectivity index (χ4n) is 8.29. The van der Waals surface area contributed by atoms with Crippen LogP contribution in [0.5, 0.6) is 0 Å². The van der Waals surface area contributed by atoms with E-state index in [0.717, 1.165) is 97.7 Å². The fourth-order valence-corrected chi connectivity index (χ4v) is 8.29. The first-order chi connectivity index (χ1) is 26.6. The Labute approximate surface area is 322 Å². The summed E-state index contributed by atoms with van der Waals surface area (Å²) in [5.41, 5.74) is 5.94. The number of hydrogen-bond donors (Lipinski definition) is 5. The van der Waals surface area contributed by atoms with Crippen LogP contribution in [0.1, 0.15) is 90.0 Å². The molecule has 0 aliphatic carbocycles. The van der Waals surface area contributed by atoms with Crippen molar-refractivity contribution in [3.8, 4) is 33.6 Å². The van der Waals surface area contributed by atoms with Gasteiger partial charge in [0.2, 0.25) is 11.8 Å². The number of likely N-dealkylation sites (tertiary alicyclic amines) is 2. The minimum absolute atomic E-state index is 0.0688. The largest absolute Gasteiger partial charge is 0.465 e. The Hall–Kier alpha value is -5.01. The average Bonchev–Trinajstić information content (AvgIpc) is 4.02. The molecule has 0 saturated carbocycles. The maximum absolute atomic E-state index is 13.9. The predicted molar refractivity (Wildman–Crippen MR) is 210 cm³/mol. The van der Waals surface area contributed by atoms with Crippen molar-refractivity contribution in [1.82, 2.24) is 40.4 Å². The minimum Gasteiger partial charge on any atom is -0.465 e. The van der Waals surface area contributed by atoms with E-state index in [4.69, 9.17) is 9.72 Å². The Morgan fingerprint density at radius 3 is 1.56 bits per heavy atom. The molecule has 7 rings (SSSR count). The third-order valence-electron chi connectivity index (χ3n) is 11.4. The molecule has 0 bridgehead atoms. The number of ether oxygens (including phenoxy) is 1. The first-order valence-corrected chi connectivity index (χ1v) is 19.8. The van der Waals surface area contributed by atoms with E-state index >= 15 is 0 Å². The molecule has 3 aliphatic rings. The highest BCUT2D eigenvalue weighted by Crippen LogP contribution is 2.35. The highest BCUT2D eigenvalue weighted by Gasteiger charge is 2.39. The molecule has 0 unspecified atom stereocenters. The number of nitrogens with zero attached hydrogens (tertiary/aromatic N) is 4. The normalized spacial score (nSPS) is 20.3.